The molecule has 1 aliphatic heterocycles. The fourth-order valence-electron chi connectivity index (χ4n) is 4.18. The summed E-state index contributed by atoms with van der Waals surface area (Å²) in [5.74, 6) is 1.60. The average Bonchev–Trinajstić information content (AvgIpc) is 3.16. The second-order valence-electron chi connectivity index (χ2n) is 9.10. The standard InChI is InChI=1S/C26H31N3O5S/c1-18-5-4-14-29(16-18)35(31,32)24-12-8-22(9-13-24)27-26(30)15-21-6-10-23(11-7-21)33-17-25-19(2)28-34-20(25)3/h6-13,18H,4-5,14-17H2,1-3H3,(H,27,30). The number of benzene rings is 2. The molecule has 8 nitrogen and oxygen atoms in total. The lowest BCUT2D eigenvalue weighted by molar-refractivity contribution is -0.115. The molecule has 1 saturated heterocycles. The number of piperidine rings is 1. The van der Waals surface area contributed by atoms with E-state index in [0.717, 1.165) is 35.4 Å². The van der Waals surface area contributed by atoms with Crippen LogP contribution in [-0.4, -0.2) is 36.9 Å². The van der Waals surface area contributed by atoms with Gasteiger partial charge in [-0.3, -0.25) is 4.79 Å². The summed E-state index contributed by atoms with van der Waals surface area (Å²) in [6.45, 7) is 7.25. The van der Waals surface area contributed by atoms with E-state index < -0.39 is 10.0 Å². The van der Waals surface area contributed by atoms with Crippen LogP contribution in [0.3, 0.4) is 0 Å². The molecule has 1 amide bonds. The molecule has 1 fully saturated rings. The van der Waals surface area contributed by atoms with Gasteiger partial charge in [0.2, 0.25) is 15.9 Å². The Morgan fingerprint density at radius 1 is 1.14 bits per heavy atom. The van der Waals surface area contributed by atoms with E-state index in [9.17, 15) is 13.2 Å². The number of carbonyl (C=O) groups excluding carboxylic acids is 1. The summed E-state index contributed by atoms with van der Waals surface area (Å²) in [4.78, 5) is 12.7. The second kappa shape index (κ2) is 10.6. The molecule has 9 heteroatoms. The van der Waals surface area contributed by atoms with Crippen molar-refractivity contribution in [3.05, 3.63) is 71.1 Å². The third kappa shape index (κ3) is 6.10. The predicted molar refractivity (Wildman–Crippen MR) is 133 cm³/mol. The van der Waals surface area contributed by atoms with E-state index in [1.165, 1.54) is 0 Å². The molecule has 186 valence electrons. The van der Waals surface area contributed by atoms with E-state index >= 15 is 0 Å². The largest absolute Gasteiger partial charge is 0.489 e. The molecule has 3 aromatic rings. The van der Waals surface area contributed by atoms with Crippen LogP contribution in [-0.2, 0) is 27.8 Å². The molecule has 0 radical (unpaired) electrons. The van der Waals surface area contributed by atoms with Gasteiger partial charge in [0.05, 0.1) is 22.6 Å². The molecule has 0 spiro atoms. The highest BCUT2D eigenvalue weighted by molar-refractivity contribution is 7.89. The van der Waals surface area contributed by atoms with Crippen molar-refractivity contribution in [1.82, 2.24) is 9.46 Å². The van der Waals surface area contributed by atoms with Crippen molar-refractivity contribution in [2.24, 2.45) is 5.92 Å². The quantitative estimate of drug-likeness (QED) is 0.493. The summed E-state index contributed by atoms with van der Waals surface area (Å²) >= 11 is 0. The van der Waals surface area contributed by atoms with Gasteiger partial charge in [-0.25, -0.2) is 8.42 Å². The number of ether oxygens (including phenoxy) is 1. The molecule has 1 unspecified atom stereocenters. The first-order valence-electron chi connectivity index (χ1n) is 11.8. The smallest absolute Gasteiger partial charge is 0.243 e. The van der Waals surface area contributed by atoms with Crippen molar-refractivity contribution in [2.45, 2.75) is 51.5 Å². The molecule has 1 aliphatic rings. The number of carbonyl (C=O) groups is 1. The molecular formula is C26H31N3O5S. The van der Waals surface area contributed by atoms with Crippen molar-refractivity contribution in [2.75, 3.05) is 18.4 Å². The monoisotopic (exact) mass is 497 g/mol. The first kappa shape index (κ1) is 24.9. The van der Waals surface area contributed by atoms with Gasteiger partial charge in [-0.2, -0.15) is 4.31 Å². The van der Waals surface area contributed by atoms with E-state index in [-0.39, 0.29) is 17.2 Å². The Morgan fingerprint density at radius 2 is 1.86 bits per heavy atom. The number of sulfonamides is 1. The van der Waals surface area contributed by atoms with Crippen LogP contribution in [0.1, 0.15) is 42.3 Å². The maximum absolute atomic E-state index is 12.9. The Morgan fingerprint density at radius 3 is 2.49 bits per heavy atom. The van der Waals surface area contributed by atoms with Crippen LogP contribution in [0, 0.1) is 19.8 Å². The number of nitrogens with zero attached hydrogens (tertiary/aromatic N) is 2. The number of anilines is 1. The Hall–Kier alpha value is -3.17. The Kier molecular flexibility index (Phi) is 7.57. The van der Waals surface area contributed by atoms with Gasteiger partial charge in [0.1, 0.15) is 18.1 Å². The number of aromatic nitrogens is 1. The van der Waals surface area contributed by atoms with Crippen molar-refractivity contribution < 1.29 is 22.5 Å². The maximum Gasteiger partial charge on any atom is 0.243 e. The Labute approximate surface area is 206 Å². The molecule has 1 aromatic heterocycles. The number of hydrogen-bond acceptors (Lipinski definition) is 6. The Balaban J connectivity index is 1.30. The highest BCUT2D eigenvalue weighted by Gasteiger charge is 2.28. The van der Waals surface area contributed by atoms with Crippen LogP contribution < -0.4 is 10.1 Å². The molecule has 1 atom stereocenters. The van der Waals surface area contributed by atoms with Gasteiger partial charge in [-0.05, 0) is 74.6 Å². The van der Waals surface area contributed by atoms with Gasteiger partial charge >= 0.3 is 0 Å². The highest BCUT2D eigenvalue weighted by Crippen LogP contribution is 2.24. The fourth-order valence-corrected chi connectivity index (χ4v) is 5.78. The topological polar surface area (TPSA) is 102 Å². The molecule has 2 heterocycles. The van der Waals surface area contributed by atoms with Crippen molar-refractivity contribution in [1.29, 1.82) is 0 Å². The zero-order valence-corrected chi connectivity index (χ0v) is 21.1. The average molecular weight is 498 g/mol. The predicted octanol–water partition coefficient (Wildman–Crippen LogP) is 4.47. The summed E-state index contributed by atoms with van der Waals surface area (Å²) < 4.78 is 38.3. The van der Waals surface area contributed by atoms with Crippen molar-refractivity contribution in [3.63, 3.8) is 0 Å². The lowest BCUT2D eigenvalue weighted by Gasteiger charge is -2.30. The Bertz CT molecular complexity index is 1250. The summed E-state index contributed by atoms with van der Waals surface area (Å²) in [5, 5.41) is 6.75. The normalized spacial score (nSPS) is 16.7. The maximum atomic E-state index is 12.9. The minimum absolute atomic E-state index is 0.185. The van der Waals surface area contributed by atoms with Gasteiger partial charge in [0.15, 0.2) is 0 Å². The van der Waals surface area contributed by atoms with Gasteiger partial charge < -0.3 is 14.6 Å². The second-order valence-corrected chi connectivity index (χ2v) is 11.0. The lowest BCUT2D eigenvalue weighted by Crippen LogP contribution is -2.39. The number of amides is 1. The van der Waals surface area contributed by atoms with Crippen LogP contribution in [0.5, 0.6) is 5.75 Å². The van der Waals surface area contributed by atoms with Gasteiger partial charge in [0.25, 0.3) is 0 Å². The number of rotatable bonds is 8. The van der Waals surface area contributed by atoms with E-state index in [4.69, 9.17) is 9.26 Å². The molecule has 0 saturated carbocycles. The van der Waals surface area contributed by atoms with E-state index in [2.05, 4.69) is 17.4 Å². The molecule has 0 aliphatic carbocycles. The SMILES string of the molecule is Cc1noc(C)c1COc1ccc(CC(=O)Nc2ccc(S(=O)(=O)N3CCCC(C)C3)cc2)cc1. The first-order chi connectivity index (χ1) is 16.7. The third-order valence-corrected chi connectivity index (χ3v) is 8.13. The molecular weight excluding hydrogens is 466 g/mol. The minimum atomic E-state index is -3.52. The fraction of sp³-hybridized carbons (Fsp3) is 0.385. The number of hydrogen-bond donors (Lipinski definition) is 1. The van der Waals surface area contributed by atoms with Crippen LogP contribution in [0.2, 0.25) is 0 Å². The zero-order valence-electron chi connectivity index (χ0n) is 20.3. The van der Waals surface area contributed by atoms with Gasteiger partial charge in [0, 0.05) is 18.8 Å². The lowest BCUT2D eigenvalue weighted by atomic mass is 10.0. The van der Waals surface area contributed by atoms with E-state index in [0.29, 0.717) is 37.1 Å². The van der Waals surface area contributed by atoms with Crippen LogP contribution in [0.4, 0.5) is 5.69 Å². The van der Waals surface area contributed by atoms with E-state index in [1.807, 2.05) is 38.1 Å². The van der Waals surface area contributed by atoms with Crippen LogP contribution >= 0.6 is 0 Å². The van der Waals surface area contributed by atoms with E-state index in [1.54, 1.807) is 28.6 Å². The van der Waals surface area contributed by atoms with Crippen LogP contribution in [0.15, 0.2) is 57.9 Å². The minimum Gasteiger partial charge on any atom is -0.489 e. The molecule has 2 aromatic carbocycles. The summed E-state index contributed by atoms with van der Waals surface area (Å²) in [6.07, 6.45) is 2.12. The summed E-state index contributed by atoms with van der Waals surface area (Å²) in [6, 6.07) is 13.7. The van der Waals surface area contributed by atoms with Crippen LogP contribution in [0.25, 0.3) is 0 Å². The zero-order chi connectivity index (χ0) is 25.0. The summed E-state index contributed by atoms with van der Waals surface area (Å²) in [5.41, 5.74) is 3.13. The molecule has 4 rings (SSSR count). The first-order valence-corrected chi connectivity index (χ1v) is 13.2. The van der Waals surface area contributed by atoms with Crippen molar-refractivity contribution in [3.8, 4) is 5.75 Å². The molecule has 0 bridgehead atoms. The third-order valence-electron chi connectivity index (χ3n) is 6.25. The molecule has 1 N–H and O–H groups in total. The molecule has 35 heavy (non-hydrogen) atoms. The number of aryl methyl sites for hydroxylation is 2. The highest BCUT2D eigenvalue weighted by atomic mass is 32.2. The van der Waals surface area contributed by atoms with Crippen molar-refractivity contribution >= 4 is 21.6 Å². The summed E-state index contributed by atoms with van der Waals surface area (Å²) in [7, 11) is -3.52. The van der Waals surface area contributed by atoms with Gasteiger partial charge in [-0.1, -0.05) is 24.2 Å². The number of nitrogens with one attached hydrogen (secondary N) is 1. The van der Waals surface area contributed by atoms with Gasteiger partial charge in [-0.15, -0.1) is 0 Å².